The molecule has 0 radical (unpaired) electrons. The molecule has 0 aliphatic heterocycles. The number of hydrogen-bond donors (Lipinski definition) is 0. The van der Waals surface area contributed by atoms with Gasteiger partial charge in [-0.05, 0) is 30.7 Å². The molecule has 0 bridgehead atoms. The van der Waals surface area contributed by atoms with Crippen molar-refractivity contribution in [3.05, 3.63) is 48.8 Å². The van der Waals surface area contributed by atoms with E-state index in [9.17, 15) is 0 Å². The van der Waals surface area contributed by atoms with Crippen molar-refractivity contribution in [1.82, 2.24) is 15.1 Å². The lowest BCUT2D eigenvalue weighted by atomic mass is 10.2. The standard InChI is InChI=1S/C16H15N3O2/c1-2-11-20-14-6-4-3-5-13(14)16-18-15(19-21-16)12-7-9-17-10-8-12/h3-10H,2,11H2,1H3. The molecular weight excluding hydrogens is 266 g/mol. The van der Waals surface area contributed by atoms with E-state index in [0.29, 0.717) is 18.3 Å². The normalized spacial score (nSPS) is 10.5. The molecule has 0 unspecified atom stereocenters. The van der Waals surface area contributed by atoms with Crippen molar-refractivity contribution in [2.75, 3.05) is 6.61 Å². The molecule has 21 heavy (non-hydrogen) atoms. The Balaban J connectivity index is 1.93. The highest BCUT2D eigenvalue weighted by Crippen LogP contribution is 2.30. The van der Waals surface area contributed by atoms with Gasteiger partial charge in [0.1, 0.15) is 5.75 Å². The average molecular weight is 281 g/mol. The lowest BCUT2D eigenvalue weighted by Gasteiger charge is -2.07. The van der Waals surface area contributed by atoms with Gasteiger partial charge in [-0.2, -0.15) is 4.98 Å². The minimum atomic E-state index is 0.452. The molecule has 3 aromatic rings. The zero-order chi connectivity index (χ0) is 14.5. The first-order valence-corrected chi connectivity index (χ1v) is 6.85. The second-order valence-corrected chi connectivity index (χ2v) is 4.50. The van der Waals surface area contributed by atoms with Crippen LogP contribution in [-0.2, 0) is 0 Å². The fourth-order valence-corrected chi connectivity index (χ4v) is 1.93. The van der Waals surface area contributed by atoms with E-state index in [1.54, 1.807) is 12.4 Å². The average Bonchev–Trinajstić information content (AvgIpc) is 3.04. The van der Waals surface area contributed by atoms with E-state index >= 15 is 0 Å². The summed E-state index contributed by atoms with van der Waals surface area (Å²) >= 11 is 0. The van der Waals surface area contributed by atoms with Crippen LogP contribution in [0.5, 0.6) is 5.75 Å². The van der Waals surface area contributed by atoms with Crippen LogP contribution in [0, 0.1) is 0 Å². The highest BCUT2D eigenvalue weighted by atomic mass is 16.5. The molecule has 0 saturated carbocycles. The third-order valence-electron chi connectivity index (χ3n) is 2.94. The molecule has 5 nitrogen and oxygen atoms in total. The van der Waals surface area contributed by atoms with Gasteiger partial charge in [0.25, 0.3) is 5.89 Å². The number of para-hydroxylation sites is 1. The van der Waals surface area contributed by atoms with Crippen LogP contribution in [0.25, 0.3) is 22.8 Å². The monoisotopic (exact) mass is 281 g/mol. The lowest BCUT2D eigenvalue weighted by molar-refractivity contribution is 0.317. The highest BCUT2D eigenvalue weighted by molar-refractivity contribution is 5.65. The summed E-state index contributed by atoms with van der Waals surface area (Å²) in [6.45, 7) is 2.72. The molecule has 0 aliphatic carbocycles. The van der Waals surface area contributed by atoms with Crippen molar-refractivity contribution in [1.29, 1.82) is 0 Å². The molecule has 3 rings (SSSR count). The van der Waals surface area contributed by atoms with Crippen molar-refractivity contribution in [2.45, 2.75) is 13.3 Å². The SMILES string of the molecule is CCCOc1ccccc1-c1nc(-c2ccncc2)no1. The summed E-state index contributed by atoms with van der Waals surface area (Å²) in [5.41, 5.74) is 1.67. The van der Waals surface area contributed by atoms with Gasteiger partial charge in [-0.1, -0.05) is 24.2 Å². The van der Waals surface area contributed by atoms with Gasteiger partial charge >= 0.3 is 0 Å². The predicted molar refractivity (Wildman–Crippen MR) is 78.8 cm³/mol. The molecular formula is C16H15N3O2. The van der Waals surface area contributed by atoms with Crippen LogP contribution in [-0.4, -0.2) is 21.7 Å². The number of rotatable bonds is 5. The van der Waals surface area contributed by atoms with E-state index in [-0.39, 0.29) is 0 Å². The molecule has 5 heteroatoms. The van der Waals surface area contributed by atoms with Crippen molar-refractivity contribution in [3.8, 4) is 28.6 Å². The molecule has 0 spiro atoms. The van der Waals surface area contributed by atoms with Crippen molar-refractivity contribution in [3.63, 3.8) is 0 Å². The lowest BCUT2D eigenvalue weighted by Crippen LogP contribution is -1.96. The maximum absolute atomic E-state index is 5.72. The van der Waals surface area contributed by atoms with Crippen LogP contribution in [0.1, 0.15) is 13.3 Å². The van der Waals surface area contributed by atoms with Crippen LogP contribution in [0.15, 0.2) is 53.3 Å². The first-order valence-electron chi connectivity index (χ1n) is 6.85. The smallest absolute Gasteiger partial charge is 0.262 e. The van der Waals surface area contributed by atoms with Crippen LogP contribution < -0.4 is 4.74 Å². The van der Waals surface area contributed by atoms with Gasteiger partial charge in [0.05, 0.1) is 12.2 Å². The van der Waals surface area contributed by atoms with Gasteiger partial charge < -0.3 is 9.26 Å². The largest absolute Gasteiger partial charge is 0.493 e. The number of ether oxygens (including phenoxy) is 1. The summed E-state index contributed by atoms with van der Waals surface area (Å²) in [5, 5.41) is 4.01. The van der Waals surface area contributed by atoms with E-state index in [1.165, 1.54) is 0 Å². The molecule has 0 amide bonds. The topological polar surface area (TPSA) is 61.0 Å². The quantitative estimate of drug-likeness (QED) is 0.715. The minimum Gasteiger partial charge on any atom is -0.493 e. The minimum absolute atomic E-state index is 0.452. The molecule has 0 atom stereocenters. The zero-order valence-corrected chi connectivity index (χ0v) is 11.7. The number of benzene rings is 1. The van der Waals surface area contributed by atoms with Gasteiger partial charge in [-0.3, -0.25) is 4.98 Å². The van der Waals surface area contributed by atoms with Crippen LogP contribution >= 0.6 is 0 Å². The molecule has 0 N–H and O–H groups in total. The number of nitrogens with zero attached hydrogens (tertiary/aromatic N) is 3. The molecule has 0 fully saturated rings. The van der Waals surface area contributed by atoms with Gasteiger partial charge in [-0.15, -0.1) is 0 Å². The van der Waals surface area contributed by atoms with Gasteiger partial charge in [0.15, 0.2) is 0 Å². The fourth-order valence-electron chi connectivity index (χ4n) is 1.93. The third kappa shape index (κ3) is 2.91. The van der Waals surface area contributed by atoms with E-state index in [2.05, 4.69) is 22.0 Å². The Hall–Kier alpha value is -2.69. The second-order valence-electron chi connectivity index (χ2n) is 4.50. The van der Waals surface area contributed by atoms with E-state index < -0.39 is 0 Å². The molecule has 2 heterocycles. The zero-order valence-electron chi connectivity index (χ0n) is 11.7. The predicted octanol–water partition coefficient (Wildman–Crippen LogP) is 3.59. The summed E-state index contributed by atoms with van der Waals surface area (Å²) in [6, 6.07) is 11.3. The third-order valence-corrected chi connectivity index (χ3v) is 2.94. The molecule has 2 aromatic heterocycles. The Morgan fingerprint density at radius 3 is 2.71 bits per heavy atom. The summed E-state index contributed by atoms with van der Waals surface area (Å²) in [6.07, 6.45) is 4.34. The summed E-state index contributed by atoms with van der Waals surface area (Å²) in [5.74, 6) is 1.75. The van der Waals surface area contributed by atoms with Crippen molar-refractivity contribution < 1.29 is 9.26 Å². The maximum atomic E-state index is 5.72. The number of aromatic nitrogens is 3. The number of pyridine rings is 1. The van der Waals surface area contributed by atoms with Crippen LogP contribution in [0.3, 0.4) is 0 Å². The fraction of sp³-hybridized carbons (Fsp3) is 0.188. The molecule has 1 aromatic carbocycles. The van der Waals surface area contributed by atoms with E-state index in [0.717, 1.165) is 23.3 Å². The van der Waals surface area contributed by atoms with E-state index in [1.807, 2.05) is 36.4 Å². The summed E-state index contributed by atoms with van der Waals surface area (Å²) < 4.78 is 11.1. The molecule has 0 aliphatic rings. The summed E-state index contributed by atoms with van der Waals surface area (Å²) in [4.78, 5) is 8.41. The number of hydrogen-bond acceptors (Lipinski definition) is 5. The Labute approximate surface area is 122 Å². The Morgan fingerprint density at radius 2 is 1.90 bits per heavy atom. The first-order chi connectivity index (χ1) is 10.4. The second kappa shape index (κ2) is 6.17. The highest BCUT2D eigenvalue weighted by Gasteiger charge is 2.14. The Bertz CT molecular complexity index is 710. The van der Waals surface area contributed by atoms with Gasteiger partial charge in [-0.25, -0.2) is 0 Å². The maximum Gasteiger partial charge on any atom is 0.262 e. The first kappa shape index (κ1) is 13.3. The Morgan fingerprint density at radius 1 is 1.10 bits per heavy atom. The van der Waals surface area contributed by atoms with Crippen molar-refractivity contribution in [2.24, 2.45) is 0 Å². The molecule has 106 valence electrons. The van der Waals surface area contributed by atoms with Crippen molar-refractivity contribution >= 4 is 0 Å². The van der Waals surface area contributed by atoms with Gasteiger partial charge in [0.2, 0.25) is 5.82 Å². The Kier molecular flexibility index (Phi) is 3.91. The molecule has 0 saturated heterocycles. The van der Waals surface area contributed by atoms with Crippen LogP contribution in [0.4, 0.5) is 0 Å². The van der Waals surface area contributed by atoms with Gasteiger partial charge in [0, 0.05) is 18.0 Å². The van der Waals surface area contributed by atoms with E-state index in [4.69, 9.17) is 9.26 Å². The van der Waals surface area contributed by atoms with Crippen LogP contribution in [0.2, 0.25) is 0 Å². The summed E-state index contributed by atoms with van der Waals surface area (Å²) in [7, 11) is 0.